The van der Waals surface area contributed by atoms with Crippen molar-refractivity contribution in [2.45, 2.75) is 65.0 Å². The first-order valence-corrected chi connectivity index (χ1v) is 7.01. The number of hydrogen-bond acceptors (Lipinski definition) is 3. The van der Waals surface area contributed by atoms with Crippen LogP contribution in [0.4, 0.5) is 0 Å². The van der Waals surface area contributed by atoms with Crippen molar-refractivity contribution in [2.75, 3.05) is 6.54 Å². The van der Waals surface area contributed by atoms with E-state index in [0.29, 0.717) is 13.0 Å². The first-order chi connectivity index (χ1) is 8.30. The van der Waals surface area contributed by atoms with Gasteiger partial charge in [-0.3, -0.25) is 4.79 Å². The van der Waals surface area contributed by atoms with Gasteiger partial charge in [-0.05, 0) is 38.0 Å². The van der Waals surface area contributed by atoms with Gasteiger partial charge in [0.1, 0.15) is 0 Å². The van der Waals surface area contributed by atoms with Gasteiger partial charge in [-0.2, -0.15) is 0 Å². The first kappa shape index (κ1) is 15.4. The highest BCUT2D eigenvalue weighted by Crippen LogP contribution is 2.25. The molecule has 0 saturated heterocycles. The Hall–Kier alpha value is -0.610. The summed E-state index contributed by atoms with van der Waals surface area (Å²) in [6.07, 6.45) is 4.21. The molecule has 0 spiro atoms. The van der Waals surface area contributed by atoms with E-state index in [1.807, 2.05) is 0 Å². The zero-order valence-corrected chi connectivity index (χ0v) is 11.9. The van der Waals surface area contributed by atoms with Crippen LogP contribution in [-0.4, -0.2) is 29.7 Å². The van der Waals surface area contributed by atoms with Crippen molar-refractivity contribution >= 4 is 5.91 Å². The fourth-order valence-electron chi connectivity index (χ4n) is 2.81. The Kier molecular flexibility index (Phi) is 5.60. The molecule has 106 valence electrons. The molecular weight excluding hydrogens is 228 g/mol. The molecule has 1 saturated carbocycles. The summed E-state index contributed by atoms with van der Waals surface area (Å²) in [4.78, 5) is 12.0. The van der Waals surface area contributed by atoms with Crippen molar-refractivity contribution in [3.05, 3.63) is 0 Å². The van der Waals surface area contributed by atoms with Gasteiger partial charge >= 0.3 is 0 Å². The maximum atomic E-state index is 12.0. The van der Waals surface area contributed by atoms with E-state index in [9.17, 15) is 9.90 Å². The second-order valence-corrected chi connectivity index (χ2v) is 6.56. The highest BCUT2D eigenvalue weighted by Gasteiger charge is 2.27. The van der Waals surface area contributed by atoms with Gasteiger partial charge in [0.25, 0.3) is 0 Å². The van der Waals surface area contributed by atoms with Gasteiger partial charge in [-0.1, -0.05) is 20.3 Å². The summed E-state index contributed by atoms with van der Waals surface area (Å²) in [7, 11) is 0. The summed E-state index contributed by atoms with van der Waals surface area (Å²) >= 11 is 0. The van der Waals surface area contributed by atoms with Gasteiger partial charge < -0.3 is 16.2 Å². The van der Waals surface area contributed by atoms with Gasteiger partial charge in [-0.15, -0.1) is 0 Å². The van der Waals surface area contributed by atoms with Crippen LogP contribution in [0, 0.1) is 11.3 Å². The van der Waals surface area contributed by atoms with Crippen LogP contribution in [0.3, 0.4) is 0 Å². The predicted molar refractivity (Wildman–Crippen MR) is 73.0 cm³/mol. The van der Waals surface area contributed by atoms with Crippen LogP contribution in [0.25, 0.3) is 0 Å². The van der Waals surface area contributed by atoms with Crippen molar-refractivity contribution < 1.29 is 9.90 Å². The molecule has 1 amide bonds. The van der Waals surface area contributed by atoms with Gasteiger partial charge in [0, 0.05) is 18.5 Å². The third-order valence-electron chi connectivity index (χ3n) is 3.67. The number of nitrogens with one attached hydrogen (secondary N) is 1. The molecule has 0 aromatic heterocycles. The van der Waals surface area contributed by atoms with Crippen LogP contribution in [-0.2, 0) is 4.79 Å². The summed E-state index contributed by atoms with van der Waals surface area (Å²) in [6, 6.07) is 0.181. The molecule has 0 aromatic rings. The molecule has 0 heterocycles. The van der Waals surface area contributed by atoms with Crippen LogP contribution in [0.15, 0.2) is 0 Å². The minimum Gasteiger partial charge on any atom is -0.393 e. The van der Waals surface area contributed by atoms with Crippen molar-refractivity contribution in [3.8, 4) is 0 Å². The molecule has 1 rings (SSSR count). The second-order valence-electron chi connectivity index (χ2n) is 6.56. The lowest BCUT2D eigenvalue weighted by Gasteiger charge is -2.29. The van der Waals surface area contributed by atoms with E-state index in [-0.39, 0.29) is 29.4 Å². The standard InChI is InChI=1S/C14H28N2O2/c1-10(17)8-14(2,3)9-16-13(18)11-5-4-6-12(15)7-11/h10-12,17H,4-9,15H2,1-3H3,(H,16,18). The molecule has 0 radical (unpaired) electrons. The van der Waals surface area contributed by atoms with E-state index in [1.54, 1.807) is 6.92 Å². The van der Waals surface area contributed by atoms with Gasteiger partial charge in [0.05, 0.1) is 6.10 Å². The van der Waals surface area contributed by atoms with E-state index in [4.69, 9.17) is 5.73 Å². The number of amides is 1. The molecule has 0 bridgehead atoms. The molecule has 4 nitrogen and oxygen atoms in total. The third kappa shape index (κ3) is 5.36. The lowest BCUT2D eigenvalue weighted by Crippen LogP contribution is -2.41. The Labute approximate surface area is 110 Å². The van der Waals surface area contributed by atoms with Crippen LogP contribution < -0.4 is 11.1 Å². The van der Waals surface area contributed by atoms with E-state index in [1.165, 1.54) is 0 Å². The van der Waals surface area contributed by atoms with E-state index in [2.05, 4.69) is 19.2 Å². The zero-order chi connectivity index (χ0) is 13.8. The van der Waals surface area contributed by atoms with Crippen LogP contribution in [0.1, 0.15) is 52.9 Å². The zero-order valence-electron chi connectivity index (χ0n) is 11.9. The van der Waals surface area contributed by atoms with Gasteiger partial charge in [-0.25, -0.2) is 0 Å². The third-order valence-corrected chi connectivity index (χ3v) is 3.67. The summed E-state index contributed by atoms with van der Waals surface area (Å²) in [6.45, 7) is 6.52. The van der Waals surface area contributed by atoms with Crippen molar-refractivity contribution in [2.24, 2.45) is 17.1 Å². The smallest absolute Gasteiger partial charge is 0.223 e. The molecule has 3 unspecified atom stereocenters. The van der Waals surface area contributed by atoms with Crippen LogP contribution in [0.2, 0.25) is 0 Å². The van der Waals surface area contributed by atoms with E-state index in [0.717, 1.165) is 25.7 Å². The van der Waals surface area contributed by atoms with E-state index >= 15 is 0 Å². The van der Waals surface area contributed by atoms with Crippen LogP contribution in [0.5, 0.6) is 0 Å². The molecule has 0 aliphatic heterocycles. The second kappa shape index (κ2) is 6.53. The topological polar surface area (TPSA) is 75.3 Å². The lowest BCUT2D eigenvalue weighted by molar-refractivity contribution is -0.126. The molecule has 1 fully saturated rings. The largest absolute Gasteiger partial charge is 0.393 e. The van der Waals surface area contributed by atoms with Gasteiger partial charge in [0.2, 0.25) is 5.91 Å². The SMILES string of the molecule is CC(O)CC(C)(C)CNC(=O)C1CCCC(N)C1. The Morgan fingerprint density at radius 3 is 2.72 bits per heavy atom. The number of carbonyl (C=O) groups excluding carboxylic acids is 1. The Bertz CT molecular complexity index is 277. The maximum Gasteiger partial charge on any atom is 0.223 e. The molecule has 4 heteroatoms. The highest BCUT2D eigenvalue weighted by atomic mass is 16.3. The monoisotopic (exact) mass is 256 g/mol. The van der Waals surface area contributed by atoms with E-state index < -0.39 is 0 Å². The Morgan fingerprint density at radius 1 is 1.50 bits per heavy atom. The summed E-state index contributed by atoms with van der Waals surface area (Å²) < 4.78 is 0. The molecule has 0 aromatic carbocycles. The fraction of sp³-hybridized carbons (Fsp3) is 0.929. The minimum absolute atomic E-state index is 0.0688. The lowest BCUT2D eigenvalue weighted by atomic mass is 9.84. The summed E-state index contributed by atoms with van der Waals surface area (Å²) in [5.41, 5.74) is 5.83. The number of hydrogen-bond donors (Lipinski definition) is 3. The summed E-state index contributed by atoms with van der Waals surface area (Å²) in [5, 5.41) is 12.4. The number of carbonyl (C=O) groups is 1. The molecule has 3 atom stereocenters. The minimum atomic E-state index is -0.333. The maximum absolute atomic E-state index is 12.0. The molecule has 18 heavy (non-hydrogen) atoms. The van der Waals surface area contributed by atoms with Gasteiger partial charge in [0.15, 0.2) is 0 Å². The average Bonchev–Trinajstić information content (AvgIpc) is 2.24. The summed E-state index contributed by atoms with van der Waals surface area (Å²) in [5.74, 6) is 0.208. The molecular formula is C14H28N2O2. The Balaban J connectivity index is 2.36. The first-order valence-electron chi connectivity index (χ1n) is 7.01. The van der Waals surface area contributed by atoms with Crippen LogP contribution >= 0.6 is 0 Å². The predicted octanol–water partition coefficient (Wildman–Crippen LogP) is 1.42. The quantitative estimate of drug-likeness (QED) is 0.696. The Morgan fingerprint density at radius 2 is 2.17 bits per heavy atom. The number of nitrogens with two attached hydrogens (primary N) is 1. The molecule has 1 aliphatic rings. The normalized spacial score (nSPS) is 26.7. The average molecular weight is 256 g/mol. The van der Waals surface area contributed by atoms with Crippen molar-refractivity contribution in [1.29, 1.82) is 0 Å². The number of rotatable bonds is 5. The van der Waals surface area contributed by atoms with Crippen molar-refractivity contribution in [1.82, 2.24) is 5.32 Å². The molecule has 4 N–H and O–H groups in total. The molecule has 1 aliphatic carbocycles. The number of aliphatic hydroxyl groups is 1. The number of aliphatic hydroxyl groups excluding tert-OH is 1. The van der Waals surface area contributed by atoms with Crippen molar-refractivity contribution in [3.63, 3.8) is 0 Å². The highest BCUT2D eigenvalue weighted by molar-refractivity contribution is 5.78. The fourth-order valence-corrected chi connectivity index (χ4v) is 2.81.